The Kier molecular flexibility index (Phi) is 6.30. The lowest BCUT2D eigenvalue weighted by atomic mass is 10.1. The summed E-state index contributed by atoms with van der Waals surface area (Å²) in [5.41, 5.74) is -1.64. The minimum Gasteiger partial charge on any atom is -0.481 e. The maximum Gasteiger partial charge on any atom is 0.416 e. The molecule has 1 aliphatic rings. The first-order valence-electron chi connectivity index (χ1n) is 7.04. The Labute approximate surface area is 159 Å². The van der Waals surface area contributed by atoms with Crippen molar-refractivity contribution in [1.82, 2.24) is 4.90 Å². The molecule has 2 rings (SSSR count). The molecular weight excluding hydrogens is 418 g/mol. The SMILES string of the molecule is O=C(O)CCCN1C(=O)/C(=C/c2cc(C(F)(F)F)cc(Cl)c2F)SC1=S. The second-order valence-corrected chi connectivity index (χ2v) is 7.27. The van der Waals surface area contributed by atoms with Crippen molar-refractivity contribution in [3.05, 3.63) is 39.0 Å². The molecule has 0 unspecified atom stereocenters. The third-order valence-electron chi connectivity index (χ3n) is 3.32. The number of carbonyl (C=O) groups excluding carboxylic acids is 1. The lowest BCUT2D eigenvalue weighted by Gasteiger charge is -2.13. The van der Waals surface area contributed by atoms with Gasteiger partial charge in [0, 0.05) is 18.5 Å². The molecule has 4 nitrogen and oxygen atoms in total. The number of thioether (sulfide) groups is 1. The van der Waals surface area contributed by atoms with Crippen molar-refractivity contribution in [1.29, 1.82) is 0 Å². The number of carbonyl (C=O) groups is 2. The molecular formula is C15H10ClF4NO3S2. The molecule has 1 N–H and O–H groups in total. The summed E-state index contributed by atoms with van der Waals surface area (Å²) in [5.74, 6) is -2.75. The molecule has 11 heteroatoms. The first kappa shape index (κ1) is 20.7. The number of aliphatic carboxylic acids is 1. The number of hydrogen-bond acceptors (Lipinski definition) is 4. The minimum absolute atomic E-state index is 0.0418. The Hall–Kier alpha value is -1.65. The second-order valence-electron chi connectivity index (χ2n) is 5.19. The van der Waals surface area contributed by atoms with Gasteiger partial charge in [0.25, 0.3) is 5.91 Å². The van der Waals surface area contributed by atoms with Crippen LogP contribution in [-0.2, 0) is 15.8 Å². The fourth-order valence-corrected chi connectivity index (χ4v) is 3.63. The van der Waals surface area contributed by atoms with Crippen molar-refractivity contribution in [2.24, 2.45) is 0 Å². The van der Waals surface area contributed by atoms with Gasteiger partial charge in [0.15, 0.2) is 0 Å². The number of amides is 1. The number of hydrogen-bond donors (Lipinski definition) is 1. The van der Waals surface area contributed by atoms with Gasteiger partial charge in [0.05, 0.1) is 15.5 Å². The fourth-order valence-electron chi connectivity index (χ4n) is 2.10. The normalized spacial score (nSPS) is 16.7. The van der Waals surface area contributed by atoms with E-state index in [0.29, 0.717) is 12.1 Å². The summed E-state index contributed by atoms with van der Waals surface area (Å²) in [6.45, 7) is 0.0418. The van der Waals surface area contributed by atoms with Crippen LogP contribution in [0.25, 0.3) is 6.08 Å². The molecule has 1 fully saturated rings. The maximum absolute atomic E-state index is 14.1. The average molecular weight is 428 g/mol. The van der Waals surface area contributed by atoms with Crippen molar-refractivity contribution in [2.75, 3.05) is 6.54 Å². The number of halogens is 5. The van der Waals surface area contributed by atoms with E-state index in [4.69, 9.17) is 28.9 Å². The summed E-state index contributed by atoms with van der Waals surface area (Å²) >= 11 is 11.3. The molecule has 0 radical (unpaired) electrons. The number of carboxylic acids is 1. The van der Waals surface area contributed by atoms with E-state index < -0.39 is 40.0 Å². The highest BCUT2D eigenvalue weighted by molar-refractivity contribution is 8.26. The van der Waals surface area contributed by atoms with Gasteiger partial charge in [-0.1, -0.05) is 35.6 Å². The minimum atomic E-state index is -4.73. The molecule has 1 aliphatic heterocycles. The van der Waals surface area contributed by atoms with Crippen LogP contribution in [0.5, 0.6) is 0 Å². The molecule has 1 aromatic carbocycles. The van der Waals surface area contributed by atoms with Crippen molar-refractivity contribution in [2.45, 2.75) is 19.0 Å². The van der Waals surface area contributed by atoms with Crippen LogP contribution in [0.4, 0.5) is 17.6 Å². The summed E-state index contributed by atoms with van der Waals surface area (Å²) in [6.07, 6.45) is -3.80. The third kappa shape index (κ3) is 4.74. The summed E-state index contributed by atoms with van der Waals surface area (Å²) in [7, 11) is 0. The summed E-state index contributed by atoms with van der Waals surface area (Å²) in [5, 5.41) is 7.90. The van der Waals surface area contributed by atoms with Crippen molar-refractivity contribution >= 4 is 57.9 Å². The van der Waals surface area contributed by atoms with Crippen molar-refractivity contribution in [3.8, 4) is 0 Å². The van der Waals surface area contributed by atoms with E-state index in [2.05, 4.69) is 0 Å². The molecule has 0 spiro atoms. The number of rotatable bonds is 5. The monoisotopic (exact) mass is 427 g/mol. The number of alkyl halides is 3. The van der Waals surface area contributed by atoms with E-state index in [0.717, 1.165) is 22.7 Å². The molecule has 140 valence electrons. The van der Waals surface area contributed by atoms with E-state index in [9.17, 15) is 27.2 Å². The lowest BCUT2D eigenvalue weighted by molar-refractivity contribution is -0.138. The Morgan fingerprint density at radius 3 is 2.62 bits per heavy atom. The summed E-state index contributed by atoms with van der Waals surface area (Å²) in [6, 6.07) is 1.02. The molecule has 1 saturated heterocycles. The second kappa shape index (κ2) is 7.93. The molecule has 0 aromatic heterocycles. The summed E-state index contributed by atoms with van der Waals surface area (Å²) < 4.78 is 52.7. The topological polar surface area (TPSA) is 57.6 Å². The Morgan fingerprint density at radius 2 is 2.04 bits per heavy atom. The predicted molar refractivity (Wildman–Crippen MR) is 93.2 cm³/mol. The van der Waals surface area contributed by atoms with E-state index in [1.54, 1.807) is 0 Å². The zero-order valence-electron chi connectivity index (χ0n) is 12.8. The van der Waals surface area contributed by atoms with E-state index >= 15 is 0 Å². The fraction of sp³-hybridized carbons (Fsp3) is 0.267. The highest BCUT2D eigenvalue weighted by atomic mass is 35.5. The maximum atomic E-state index is 14.1. The Bertz CT molecular complexity index is 811. The van der Waals surface area contributed by atoms with Gasteiger partial charge in [-0.2, -0.15) is 13.2 Å². The van der Waals surface area contributed by atoms with Gasteiger partial charge in [-0.25, -0.2) is 4.39 Å². The Morgan fingerprint density at radius 1 is 1.38 bits per heavy atom. The van der Waals surface area contributed by atoms with Gasteiger partial charge < -0.3 is 5.11 Å². The number of thiocarbonyl (C=S) groups is 1. The molecule has 0 saturated carbocycles. The third-order valence-corrected chi connectivity index (χ3v) is 4.97. The van der Waals surface area contributed by atoms with Crippen molar-refractivity contribution in [3.63, 3.8) is 0 Å². The molecule has 1 aromatic rings. The van der Waals surface area contributed by atoms with Gasteiger partial charge in [0.1, 0.15) is 10.1 Å². The van der Waals surface area contributed by atoms with E-state index in [-0.39, 0.29) is 28.6 Å². The first-order valence-corrected chi connectivity index (χ1v) is 8.64. The lowest BCUT2D eigenvalue weighted by Crippen LogP contribution is -2.29. The molecule has 1 heterocycles. The number of benzene rings is 1. The van der Waals surface area contributed by atoms with E-state index in [1.807, 2.05) is 0 Å². The van der Waals surface area contributed by atoms with Crippen LogP contribution in [0, 0.1) is 5.82 Å². The molecule has 0 aliphatic carbocycles. The van der Waals surface area contributed by atoms with Gasteiger partial charge in [0.2, 0.25) is 0 Å². The summed E-state index contributed by atoms with van der Waals surface area (Å²) in [4.78, 5) is 23.9. The predicted octanol–water partition coefficient (Wildman–Crippen LogP) is 4.56. The number of carboxylic acid groups (broad SMARTS) is 1. The molecule has 1 amide bonds. The van der Waals surface area contributed by atoms with Crippen LogP contribution in [0.15, 0.2) is 17.0 Å². The number of nitrogens with zero attached hydrogens (tertiary/aromatic N) is 1. The van der Waals surface area contributed by atoms with Gasteiger partial charge >= 0.3 is 12.1 Å². The van der Waals surface area contributed by atoms with Gasteiger partial charge in [-0.05, 0) is 24.6 Å². The smallest absolute Gasteiger partial charge is 0.416 e. The van der Waals surface area contributed by atoms with Crippen LogP contribution < -0.4 is 0 Å². The largest absolute Gasteiger partial charge is 0.481 e. The quantitative estimate of drug-likeness (QED) is 0.424. The standard InChI is InChI=1S/C15H10ClF4NO3S2/c16-9-6-8(15(18,19)20)4-7(12(9)17)5-10-13(24)21(14(25)26-10)3-1-2-11(22)23/h4-6H,1-3H2,(H,22,23)/b10-5-. The average Bonchev–Trinajstić information content (AvgIpc) is 2.77. The van der Waals surface area contributed by atoms with Gasteiger partial charge in [-0.15, -0.1) is 0 Å². The highest BCUT2D eigenvalue weighted by Gasteiger charge is 2.34. The zero-order chi connectivity index (χ0) is 19.6. The van der Waals surface area contributed by atoms with Crippen LogP contribution >= 0.6 is 35.6 Å². The highest BCUT2D eigenvalue weighted by Crippen LogP contribution is 2.37. The van der Waals surface area contributed by atoms with E-state index in [1.165, 1.54) is 0 Å². The Balaban J connectivity index is 2.30. The molecule has 26 heavy (non-hydrogen) atoms. The first-order chi connectivity index (χ1) is 12.0. The molecule has 0 atom stereocenters. The zero-order valence-corrected chi connectivity index (χ0v) is 15.2. The van der Waals surface area contributed by atoms with Crippen molar-refractivity contribution < 1.29 is 32.3 Å². The van der Waals surface area contributed by atoms with Crippen LogP contribution in [0.2, 0.25) is 5.02 Å². The van der Waals surface area contributed by atoms with Crippen LogP contribution in [-0.4, -0.2) is 32.7 Å². The molecule has 0 bridgehead atoms. The van der Waals surface area contributed by atoms with Crippen LogP contribution in [0.3, 0.4) is 0 Å². The van der Waals surface area contributed by atoms with Gasteiger partial charge in [-0.3, -0.25) is 14.5 Å². The van der Waals surface area contributed by atoms with Crippen LogP contribution in [0.1, 0.15) is 24.0 Å².